The fourth-order valence-corrected chi connectivity index (χ4v) is 4.57. The van der Waals surface area contributed by atoms with Crippen molar-refractivity contribution in [2.24, 2.45) is 0 Å². The maximum absolute atomic E-state index is 12.9. The first-order chi connectivity index (χ1) is 10.9. The second-order valence-corrected chi connectivity index (χ2v) is 7.74. The number of aryl methyl sites for hydroxylation is 1. The van der Waals surface area contributed by atoms with Gasteiger partial charge >= 0.3 is 0 Å². The van der Waals surface area contributed by atoms with Gasteiger partial charge in [0.05, 0.1) is 23.1 Å². The van der Waals surface area contributed by atoms with Gasteiger partial charge in [0.25, 0.3) is 0 Å². The first-order valence-electron chi connectivity index (χ1n) is 7.64. The Morgan fingerprint density at radius 2 is 2.13 bits per heavy atom. The van der Waals surface area contributed by atoms with Crippen LogP contribution in [-0.4, -0.2) is 63.6 Å². The summed E-state index contributed by atoms with van der Waals surface area (Å²) in [6.45, 7) is 6.80. The van der Waals surface area contributed by atoms with Gasteiger partial charge in [-0.25, -0.2) is 8.42 Å². The number of hydrogen-bond donors (Lipinski definition) is 0. The number of ether oxygens (including phenoxy) is 1. The summed E-state index contributed by atoms with van der Waals surface area (Å²) in [5, 5.41) is 9.01. The number of piperazine rings is 1. The smallest absolute Gasteiger partial charge is 0.243 e. The maximum atomic E-state index is 12.9. The summed E-state index contributed by atoms with van der Waals surface area (Å²) in [6.07, 6.45) is 0. The minimum atomic E-state index is -3.58. The van der Waals surface area contributed by atoms with Gasteiger partial charge in [-0.15, -0.1) is 0 Å². The van der Waals surface area contributed by atoms with Crippen LogP contribution in [0.3, 0.4) is 0 Å². The largest absolute Gasteiger partial charge is 0.383 e. The van der Waals surface area contributed by atoms with Gasteiger partial charge in [-0.2, -0.15) is 9.57 Å². The number of benzene rings is 1. The van der Waals surface area contributed by atoms with E-state index in [0.29, 0.717) is 37.4 Å². The standard InChI is InChI=1S/C16H23N3O3S/c1-13-4-5-15(11-17)10-16(13)23(20,21)19-7-6-18(8-9-22-3)14(2)12-19/h4-5,10,14H,6-9,12H2,1-3H3/t14-/m0/s1. The lowest BCUT2D eigenvalue weighted by Gasteiger charge is -2.39. The van der Waals surface area contributed by atoms with E-state index in [1.54, 1.807) is 26.2 Å². The van der Waals surface area contributed by atoms with E-state index < -0.39 is 10.0 Å². The minimum absolute atomic E-state index is 0.133. The van der Waals surface area contributed by atoms with E-state index in [2.05, 4.69) is 4.90 Å². The van der Waals surface area contributed by atoms with Crippen LogP contribution in [0.2, 0.25) is 0 Å². The molecule has 0 unspecified atom stereocenters. The lowest BCUT2D eigenvalue weighted by atomic mass is 10.2. The summed E-state index contributed by atoms with van der Waals surface area (Å²) in [7, 11) is -1.91. The zero-order valence-electron chi connectivity index (χ0n) is 13.8. The molecule has 126 valence electrons. The third kappa shape index (κ3) is 3.90. The lowest BCUT2D eigenvalue weighted by Crippen LogP contribution is -2.54. The van der Waals surface area contributed by atoms with Crippen LogP contribution in [0.4, 0.5) is 0 Å². The molecule has 1 heterocycles. The van der Waals surface area contributed by atoms with Crippen LogP contribution in [-0.2, 0) is 14.8 Å². The molecule has 1 aliphatic rings. The van der Waals surface area contributed by atoms with Gasteiger partial charge in [-0.05, 0) is 31.5 Å². The first-order valence-corrected chi connectivity index (χ1v) is 9.08. The molecule has 23 heavy (non-hydrogen) atoms. The van der Waals surface area contributed by atoms with Crippen molar-refractivity contribution in [2.75, 3.05) is 39.9 Å². The molecule has 1 atom stereocenters. The molecule has 0 spiro atoms. The average molecular weight is 337 g/mol. The molecule has 1 aromatic rings. The predicted molar refractivity (Wildman–Crippen MR) is 87.6 cm³/mol. The quantitative estimate of drug-likeness (QED) is 0.807. The molecule has 6 nitrogen and oxygen atoms in total. The highest BCUT2D eigenvalue weighted by molar-refractivity contribution is 7.89. The molecule has 0 aromatic heterocycles. The van der Waals surface area contributed by atoms with Gasteiger partial charge in [-0.3, -0.25) is 4.90 Å². The fraction of sp³-hybridized carbons (Fsp3) is 0.562. The number of nitrogens with zero attached hydrogens (tertiary/aromatic N) is 3. The van der Waals surface area contributed by atoms with Gasteiger partial charge in [0.15, 0.2) is 0 Å². The van der Waals surface area contributed by atoms with Crippen molar-refractivity contribution in [3.8, 4) is 6.07 Å². The summed E-state index contributed by atoms with van der Waals surface area (Å²) in [6, 6.07) is 6.92. The number of rotatable bonds is 5. The lowest BCUT2D eigenvalue weighted by molar-refractivity contribution is 0.0877. The monoisotopic (exact) mass is 337 g/mol. The van der Waals surface area contributed by atoms with Crippen LogP contribution in [0.25, 0.3) is 0 Å². The minimum Gasteiger partial charge on any atom is -0.383 e. The third-order valence-corrected chi connectivity index (χ3v) is 6.25. The van der Waals surface area contributed by atoms with Gasteiger partial charge in [0.1, 0.15) is 0 Å². The molecule has 1 saturated heterocycles. The SMILES string of the molecule is COCCN1CCN(S(=O)(=O)c2cc(C#N)ccc2C)C[C@@H]1C. The maximum Gasteiger partial charge on any atom is 0.243 e. The van der Waals surface area contributed by atoms with Crippen LogP contribution in [0.15, 0.2) is 23.1 Å². The molecule has 2 rings (SSSR count). The number of nitriles is 1. The Hall–Kier alpha value is -1.46. The normalized spacial score (nSPS) is 20.3. The Morgan fingerprint density at radius 3 is 2.74 bits per heavy atom. The Labute approximate surface area is 138 Å². The topological polar surface area (TPSA) is 73.6 Å². The van der Waals surface area contributed by atoms with Crippen LogP contribution >= 0.6 is 0 Å². The van der Waals surface area contributed by atoms with Crippen LogP contribution in [0, 0.1) is 18.3 Å². The van der Waals surface area contributed by atoms with E-state index in [-0.39, 0.29) is 10.9 Å². The van der Waals surface area contributed by atoms with E-state index in [1.807, 2.05) is 13.0 Å². The molecule has 1 aliphatic heterocycles. The molecule has 1 aromatic carbocycles. The Kier molecular flexibility index (Phi) is 5.76. The van der Waals surface area contributed by atoms with E-state index >= 15 is 0 Å². The Balaban J connectivity index is 2.20. The molecule has 0 aliphatic carbocycles. The van der Waals surface area contributed by atoms with E-state index in [0.717, 1.165) is 6.54 Å². The van der Waals surface area contributed by atoms with Gasteiger partial charge in [0.2, 0.25) is 10.0 Å². The molecule has 0 radical (unpaired) electrons. The summed E-state index contributed by atoms with van der Waals surface area (Å²) in [4.78, 5) is 2.46. The molecular formula is C16H23N3O3S. The van der Waals surface area contributed by atoms with Crippen LogP contribution in [0.1, 0.15) is 18.1 Å². The fourth-order valence-electron chi connectivity index (χ4n) is 2.81. The third-order valence-electron chi connectivity index (χ3n) is 4.25. The van der Waals surface area contributed by atoms with E-state index in [1.165, 1.54) is 10.4 Å². The van der Waals surface area contributed by atoms with Crippen molar-refractivity contribution in [3.05, 3.63) is 29.3 Å². The molecule has 7 heteroatoms. The highest BCUT2D eigenvalue weighted by Crippen LogP contribution is 2.23. The van der Waals surface area contributed by atoms with Crippen molar-refractivity contribution in [3.63, 3.8) is 0 Å². The van der Waals surface area contributed by atoms with Crippen molar-refractivity contribution in [1.82, 2.24) is 9.21 Å². The van der Waals surface area contributed by atoms with Crippen molar-refractivity contribution in [1.29, 1.82) is 5.26 Å². The molecule has 1 fully saturated rings. The zero-order valence-corrected chi connectivity index (χ0v) is 14.6. The Morgan fingerprint density at radius 1 is 1.39 bits per heavy atom. The van der Waals surface area contributed by atoms with Crippen molar-refractivity contribution in [2.45, 2.75) is 24.8 Å². The van der Waals surface area contributed by atoms with Gasteiger partial charge in [0, 0.05) is 39.3 Å². The zero-order chi connectivity index (χ0) is 17.0. The Bertz CT molecular complexity index is 697. The second-order valence-electron chi connectivity index (χ2n) is 5.83. The van der Waals surface area contributed by atoms with Gasteiger partial charge < -0.3 is 4.74 Å². The average Bonchev–Trinajstić information content (AvgIpc) is 2.54. The summed E-state index contributed by atoms with van der Waals surface area (Å²) in [5.41, 5.74) is 1.03. The number of sulfonamides is 1. The predicted octanol–water partition coefficient (Wildman–Crippen LogP) is 1.21. The summed E-state index contributed by atoms with van der Waals surface area (Å²) < 4.78 is 32.4. The highest BCUT2D eigenvalue weighted by atomic mass is 32.2. The first kappa shape index (κ1) is 17.9. The van der Waals surface area contributed by atoms with E-state index in [9.17, 15) is 8.42 Å². The number of methoxy groups -OCH3 is 1. The van der Waals surface area contributed by atoms with E-state index in [4.69, 9.17) is 10.00 Å². The van der Waals surface area contributed by atoms with Crippen molar-refractivity contribution >= 4 is 10.0 Å². The molecule has 0 N–H and O–H groups in total. The van der Waals surface area contributed by atoms with Crippen molar-refractivity contribution < 1.29 is 13.2 Å². The van der Waals surface area contributed by atoms with Crippen LogP contribution < -0.4 is 0 Å². The number of hydrogen-bond acceptors (Lipinski definition) is 5. The highest BCUT2D eigenvalue weighted by Gasteiger charge is 2.32. The van der Waals surface area contributed by atoms with Gasteiger partial charge in [-0.1, -0.05) is 6.07 Å². The molecule has 0 bridgehead atoms. The second kappa shape index (κ2) is 7.41. The summed E-state index contributed by atoms with van der Waals surface area (Å²) >= 11 is 0. The summed E-state index contributed by atoms with van der Waals surface area (Å²) in [5.74, 6) is 0. The molecular weight excluding hydrogens is 314 g/mol. The molecule has 0 amide bonds. The molecule has 0 saturated carbocycles. The van der Waals surface area contributed by atoms with Crippen LogP contribution in [0.5, 0.6) is 0 Å².